The highest BCUT2D eigenvalue weighted by atomic mass is 16.2. The van der Waals surface area contributed by atoms with Crippen molar-refractivity contribution >= 4 is 6.03 Å². The van der Waals surface area contributed by atoms with Gasteiger partial charge in [0.1, 0.15) is 6.33 Å². The lowest BCUT2D eigenvalue weighted by Crippen LogP contribution is -2.39. The van der Waals surface area contributed by atoms with Gasteiger partial charge in [-0.3, -0.25) is 0 Å². The fourth-order valence-electron chi connectivity index (χ4n) is 2.51. The Kier molecular flexibility index (Phi) is 5.34. The normalized spacial score (nSPS) is 17.1. The Bertz CT molecular complexity index is 426. The van der Waals surface area contributed by atoms with Crippen molar-refractivity contribution in [2.75, 3.05) is 26.2 Å². The number of nitrogens with zero attached hydrogens (tertiary/aromatic N) is 4. The molecule has 2 rings (SSSR count). The van der Waals surface area contributed by atoms with Crippen LogP contribution in [0.25, 0.3) is 0 Å². The van der Waals surface area contributed by atoms with Crippen LogP contribution in [0.5, 0.6) is 0 Å². The molecule has 0 aromatic carbocycles. The van der Waals surface area contributed by atoms with Gasteiger partial charge < -0.3 is 20.1 Å². The van der Waals surface area contributed by atoms with E-state index >= 15 is 0 Å². The monoisotopic (exact) mass is 280 g/mol. The molecule has 2 heterocycles. The largest absolute Gasteiger partial charge is 0.338 e. The van der Waals surface area contributed by atoms with E-state index in [-0.39, 0.29) is 12.1 Å². The number of nitrogens with one attached hydrogen (secondary N) is 2. The van der Waals surface area contributed by atoms with Gasteiger partial charge >= 0.3 is 6.03 Å². The molecule has 0 unspecified atom stereocenters. The average molecular weight is 280 g/mol. The predicted molar refractivity (Wildman–Crippen MR) is 76.2 cm³/mol. The van der Waals surface area contributed by atoms with Gasteiger partial charge in [0.25, 0.3) is 0 Å². The number of hydrogen-bond acceptors (Lipinski definition) is 4. The van der Waals surface area contributed by atoms with E-state index in [1.54, 1.807) is 10.9 Å². The summed E-state index contributed by atoms with van der Waals surface area (Å²) in [5.41, 5.74) is 0. The Balaban J connectivity index is 1.61. The minimum atomic E-state index is -0.152. The highest BCUT2D eigenvalue weighted by Crippen LogP contribution is 2.07. The zero-order chi connectivity index (χ0) is 14.4. The van der Waals surface area contributed by atoms with Crippen LogP contribution < -0.4 is 10.6 Å². The molecule has 1 aromatic rings. The number of urea groups is 1. The summed E-state index contributed by atoms with van der Waals surface area (Å²) in [4.78, 5) is 14.2. The van der Waals surface area contributed by atoms with Crippen molar-refractivity contribution < 1.29 is 4.79 Å². The molecule has 2 amide bonds. The smallest absolute Gasteiger partial charge is 0.315 e. The molecule has 1 atom stereocenters. The van der Waals surface area contributed by atoms with Gasteiger partial charge in [-0.05, 0) is 45.8 Å². The Morgan fingerprint density at radius 3 is 2.85 bits per heavy atom. The molecule has 2 N–H and O–H groups in total. The van der Waals surface area contributed by atoms with Crippen LogP contribution in [0.4, 0.5) is 4.79 Å². The van der Waals surface area contributed by atoms with E-state index < -0.39 is 0 Å². The maximum absolute atomic E-state index is 11.8. The van der Waals surface area contributed by atoms with Gasteiger partial charge in [0.15, 0.2) is 5.82 Å². The first-order chi connectivity index (χ1) is 9.66. The minimum absolute atomic E-state index is 0.151. The zero-order valence-electron chi connectivity index (χ0n) is 12.3. The molecular formula is C13H24N6O. The van der Waals surface area contributed by atoms with E-state index in [1.165, 1.54) is 25.9 Å². The number of carbonyl (C=O) groups is 1. The lowest BCUT2D eigenvalue weighted by atomic mass is 10.3. The van der Waals surface area contributed by atoms with Crippen LogP contribution in [0.15, 0.2) is 6.33 Å². The molecule has 0 bridgehead atoms. The molecule has 0 saturated carbocycles. The van der Waals surface area contributed by atoms with Crippen LogP contribution in [0.3, 0.4) is 0 Å². The standard InChI is InChI=1S/C13H24N6O/c1-11(12-17-15-10-18(12)2)16-13(20)14-6-5-9-19-7-3-4-8-19/h10-11H,3-9H2,1-2H3,(H2,14,16,20)/t11-/m0/s1. The summed E-state index contributed by atoms with van der Waals surface area (Å²) in [5.74, 6) is 0.747. The summed E-state index contributed by atoms with van der Waals surface area (Å²) in [5, 5.41) is 13.5. The van der Waals surface area contributed by atoms with Gasteiger partial charge in [0, 0.05) is 13.6 Å². The molecule has 20 heavy (non-hydrogen) atoms. The molecular weight excluding hydrogens is 256 g/mol. The number of amides is 2. The Labute approximate surface area is 119 Å². The molecule has 1 aromatic heterocycles. The maximum Gasteiger partial charge on any atom is 0.315 e. The van der Waals surface area contributed by atoms with Crippen molar-refractivity contribution in [3.8, 4) is 0 Å². The van der Waals surface area contributed by atoms with Gasteiger partial charge in [-0.15, -0.1) is 10.2 Å². The fraction of sp³-hybridized carbons (Fsp3) is 0.769. The topological polar surface area (TPSA) is 75.1 Å². The molecule has 112 valence electrons. The van der Waals surface area contributed by atoms with Crippen LogP contribution in [0.2, 0.25) is 0 Å². The zero-order valence-corrected chi connectivity index (χ0v) is 12.3. The van der Waals surface area contributed by atoms with Crippen molar-refractivity contribution in [2.45, 2.75) is 32.2 Å². The van der Waals surface area contributed by atoms with E-state index in [0.717, 1.165) is 18.8 Å². The minimum Gasteiger partial charge on any atom is -0.338 e. The summed E-state index contributed by atoms with van der Waals surface area (Å²) in [6, 6.07) is -0.303. The van der Waals surface area contributed by atoms with Crippen molar-refractivity contribution in [3.05, 3.63) is 12.2 Å². The van der Waals surface area contributed by atoms with Crippen LogP contribution in [0, 0.1) is 0 Å². The third-order valence-electron chi connectivity index (χ3n) is 3.62. The number of hydrogen-bond donors (Lipinski definition) is 2. The van der Waals surface area contributed by atoms with Crippen LogP contribution in [-0.4, -0.2) is 51.9 Å². The second-order valence-corrected chi connectivity index (χ2v) is 5.32. The summed E-state index contributed by atoms with van der Waals surface area (Å²) >= 11 is 0. The van der Waals surface area contributed by atoms with E-state index in [1.807, 2.05) is 14.0 Å². The Hall–Kier alpha value is -1.63. The summed E-state index contributed by atoms with van der Waals surface area (Å²) in [6.45, 7) is 6.07. The first-order valence-electron chi connectivity index (χ1n) is 7.27. The Morgan fingerprint density at radius 2 is 2.20 bits per heavy atom. The Morgan fingerprint density at radius 1 is 1.45 bits per heavy atom. The maximum atomic E-state index is 11.8. The third kappa shape index (κ3) is 4.19. The average Bonchev–Trinajstić information content (AvgIpc) is 3.05. The van der Waals surface area contributed by atoms with E-state index in [4.69, 9.17) is 0 Å². The van der Waals surface area contributed by atoms with Gasteiger partial charge in [0.2, 0.25) is 0 Å². The number of carbonyl (C=O) groups excluding carboxylic acids is 1. The molecule has 1 fully saturated rings. The fourth-order valence-corrected chi connectivity index (χ4v) is 2.51. The van der Waals surface area contributed by atoms with E-state index in [2.05, 4.69) is 25.7 Å². The lowest BCUT2D eigenvalue weighted by Gasteiger charge is -2.16. The van der Waals surface area contributed by atoms with E-state index in [9.17, 15) is 4.79 Å². The molecule has 0 radical (unpaired) electrons. The molecule has 1 aliphatic rings. The first kappa shape index (κ1) is 14.8. The first-order valence-corrected chi connectivity index (χ1v) is 7.27. The molecule has 7 nitrogen and oxygen atoms in total. The highest BCUT2D eigenvalue weighted by molar-refractivity contribution is 5.74. The van der Waals surface area contributed by atoms with Gasteiger partial charge in [-0.2, -0.15) is 0 Å². The second kappa shape index (κ2) is 7.23. The molecule has 1 saturated heterocycles. The van der Waals surface area contributed by atoms with Gasteiger partial charge in [-0.25, -0.2) is 4.79 Å². The molecule has 7 heteroatoms. The van der Waals surface area contributed by atoms with Crippen molar-refractivity contribution in [3.63, 3.8) is 0 Å². The van der Waals surface area contributed by atoms with Crippen molar-refractivity contribution in [1.29, 1.82) is 0 Å². The molecule has 0 aliphatic carbocycles. The lowest BCUT2D eigenvalue weighted by molar-refractivity contribution is 0.236. The SMILES string of the molecule is C[C@H](NC(=O)NCCCN1CCCC1)c1nncn1C. The summed E-state index contributed by atoms with van der Waals surface area (Å²) in [6.07, 6.45) is 5.24. The summed E-state index contributed by atoms with van der Waals surface area (Å²) < 4.78 is 1.80. The van der Waals surface area contributed by atoms with Crippen LogP contribution >= 0.6 is 0 Å². The number of likely N-dealkylation sites (tertiary alicyclic amines) is 1. The van der Waals surface area contributed by atoms with Gasteiger partial charge in [0.05, 0.1) is 6.04 Å². The second-order valence-electron chi connectivity index (χ2n) is 5.32. The van der Waals surface area contributed by atoms with Crippen molar-refractivity contribution in [2.24, 2.45) is 7.05 Å². The van der Waals surface area contributed by atoms with Crippen molar-refractivity contribution in [1.82, 2.24) is 30.3 Å². The summed E-state index contributed by atoms with van der Waals surface area (Å²) in [7, 11) is 1.86. The van der Waals surface area contributed by atoms with E-state index in [0.29, 0.717) is 6.54 Å². The predicted octanol–water partition coefficient (Wildman–Crippen LogP) is 0.661. The van der Waals surface area contributed by atoms with Gasteiger partial charge in [-0.1, -0.05) is 0 Å². The van der Waals surface area contributed by atoms with Crippen LogP contribution in [0.1, 0.15) is 38.1 Å². The molecule has 0 spiro atoms. The number of aryl methyl sites for hydroxylation is 1. The number of aromatic nitrogens is 3. The highest BCUT2D eigenvalue weighted by Gasteiger charge is 2.14. The van der Waals surface area contributed by atoms with Crippen LogP contribution in [-0.2, 0) is 7.05 Å². The molecule has 1 aliphatic heterocycles. The third-order valence-corrected chi connectivity index (χ3v) is 3.62. The quantitative estimate of drug-likeness (QED) is 0.751. The number of rotatable bonds is 6.